The molecule has 32 heavy (non-hydrogen) atoms. The Bertz CT molecular complexity index is 1060. The number of aromatic nitrogens is 2. The summed E-state index contributed by atoms with van der Waals surface area (Å²) >= 11 is 0. The van der Waals surface area contributed by atoms with Gasteiger partial charge in [0.05, 0.1) is 12.9 Å². The van der Waals surface area contributed by atoms with Crippen molar-refractivity contribution in [3.05, 3.63) is 16.7 Å². The minimum absolute atomic E-state index is 0.0852. The molecule has 3 unspecified atom stereocenters. The maximum atomic E-state index is 11.9. The molecule has 1 aromatic rings. The van der Waals surface area contributed by atoms with Crippen LogP contribution in [0.1, 0.15) is 6.92 Å². The van der Waals surface area contributed by atoms with Gasteiger partial charge >= 0.3 is 23.5 Å². The highest BCUT2D eigenvalue weighted by atomic mass is 31.3. The summed E-state index contributed by atoms with van der Waals surface area (Å²) in [4.78, 5) is 55.3. The van der Waals surface area contributed by atoms with Crippen LogP contribution in [0.4, 0.5) is 11.5 Å². The number of phosphoric ester groups is 1. The van der Waals surface area contributed by atoms with Crippen LogP contribution in [-0.2, 0) is 31.6 Å². The second-order valence-corrected chi connectivity index (χ2v) is 11.0. The molecule has 0 spiro atoms. The molecule has 0 aromatic carbocycles. The van der Waals surface area contributed by atoms with E-state index in [-0.39, 0.29) is 11.5 Å². The van der Waals surface area contributed by atoms with E-state index in [0.717, 1.165) is 6.33 Å². The Morgan fingerprint density at radius 3 is 2.41 bits per heavy atom. The van der Waals surface area contributed by atoms with Crippen molar-refractivity contribution >= 4 is 35.0 Å². The normalized spacial score (nSPS) is 31.6. The topological polar surface area (TPSA) is 271 Å². The Kier molecular flexibility index (Phi) is 7.02. The zero-order valence-corrected chi connectivity index (χ0v) is 18.5. The van der Waals surface area contributed by atoms with Gasteiger partial charge in [-0.2, -0.15) is 8.62 Å². The van der Waals surface area contributed by atoms with Crippen LogP contribution in [-0.4, -0.2) is 77.1 Å². The van der Waals surface area contributed by atoms with Gasteiger partial charge in [0.2, 0.25) is 0 Å². The summed E-state index contributed by atoms with van der Waals surface area (Å²) in [7, 11) is -16.7. The second kappa shape index (κ2) is 8.85. The van der Waals surface area contributed by atoms with E-state index in [9.17, 15) is 33.6 Å². The first-order chi connectivity index (χ1) is 14.6. The van der Waals surface area contributed by atoms with Crippen LogP contribution in [0.25, 0.3) is 0 Å². The molecule has 3 heterocycles. The number of aliphatic hydroxyl groups excluding tert-OH is 2. The number of nitrogens with one attached hydrogen (secondary N) is 2. The lowest BCUT2D eigenvalue weighted by Crippen LogP contribution is -2.48. The molecule has 0 radical (unpaired) electrons. The Balaban J connectivity index is 1.68. The Labute approximate surface area is 178 Å². The quantitative estimate of drug-likeness (QED) is 0.173. The highest BCUT2D eigenvalue weighted by Crippen LogP contribution is 2.66. The number of hydrogen-bond donors (Lipinski definition) is 8. The van der Waals surface area contributed by atoms with Gasteiger partial charge < -0.3 is 49.7 Å². The molecule has 2 aliphatic heterocycles. The summed E-state index contributed by atoms with van der Waals surface area (Å²) in [6, 6.07) is 0. The van der Waals surface area contributed by atoms with E-state index in [1.54, 1.807) is 6.92 Å². The van der Waals surface area contributed by atoms with Crippen molar-refractivity contribution in [3.63, 3.8) is 0 Å². The van der Waals surface area contributed by atoms with Crippen LogP contribution < -0.4 is 15.8 Å². The van der Waals surface area contributed by atoms with Crippen LogP contribution in [0.2, 0.25) is 0 Å². The summed E-state index contributed by atoms with van der Waals surface area (Å²) in [6.45, 7) is 0.632. The number of hydrogen-bond acceptors (Lipinski definition) is 13. The third-order valence-corrected chi connectivity index (χ3v) is 8.08. The molecular formula is C11H19N4O14P3. The van der Waals surface area contributed by atoms with Crippen molar-refractivity contribution in [2.75, 3.05) is 16.8 Å². The number of anilines is 2. The van der Waals surface area contributed by atoms with Gasteiger partial charge in [0, 0.05) is 0 Å². The molecule has 3 rings (SSSR count). The van der Waals surface area contributed by atoms with Crippen LogP contribution in [0.15, 0.2) is 11.1 Å². The monoisotopic (exact) mass is 524 g/mol. The Hall–Kier alpha value is -1.23. The van der Waals surface area contributed by atoms with Crippen LogP contribution in [0.5, 0.6) is 0 Å². The third kappa shape index (κ3) is 5.63. The van der Waals surface area contributed by atoms with Gasteiger partial charge in [0.25, 0.3) is 5.56 Å². The minimum atomic E-state index is -5.71. The van der Waals surface area contributed by atoms with E-state index in [2.05, 4.69) is 28.4 Å². The molecule has 2 aliphatic rings. The number of phosphoric acid groups is 3. The summed E-state index contributed by atoms with van der Waals surface area (Å²) in [5.74, 6) is 0.103. The van der Waals surface area contributed by atoms with Crippen LogP contribution in [0, 0.1) is 0 Å². The first-order valence-corrected chi connectivity index (χ1v) is 13.0. The molecule has 21 heteroatoms. The first-order valence-electron chi connectivity index (χ1n) is 8.53. The van der Waals surface area contributed by atoms with Gasteiger partial charge in [-0.15, -0.1) is 0 Å². The van der Waals surface area contributed by atoms with Crippen molar-refractivity contribution < 1.29 is 61.4 Å². The lowest BCUT2D eigenvalue weighted by Gasteiger charge is -2.30. The molecule has 1 fully saturated rings. The van der Waals surface area contributed by atoms with Gasteiger partial charge in [-0.3, -0.25) is 9.32 Å². The van der Waals surface area contributed by atoms with E-state index in [4.69, 9.17) is 19.4 Å². The highest BCUT2D eigenvalue weighted by molar-refractivity contribution is 7.66. The molecule has 8 N–H and O–H groups in total. The lowest BCUT2D eigenvalue weighted by molar-refractivity contribution is -0.0231. The summed E-state index contributed by atoms with van der Waals surface area (Å²) in [5, 5.41) is 23.4. The molecule has 0 saturated carbocycles. The standard InChI is InChI=1S/C11H19N4O14P3/c1-4-14-6-9(12-3-13-10(6)18)15(4)11-8(17)7(16)5(27-11)2-26-31(22,23)29-32(24,25)28-30(19,20)21/h3-5,7-8,11,14,16-17H,2H2,1H3,(H,22,23)(H,24,25)(H,12,13,18)(H2,19,20,21)/t4?,5-,7-,8-,11-/m1/s1. The molecule has 0 bridgehead atoms. The van der Waals surface area contributed by atoms with E-state index in [0.29, 0.717) is 0 Å². The SMILES string of the molecule is CC1Nc2c(nc[nH]c2=O)N1[C@@H]1O[C@H](COP(=O)(O)OP(=O)(O)OP(=O)(O)O)[C@@H](O)[C@H]1O. The summed E-state index contributed by atoms with van der Waals surface area (Å²) in [6.07, 6.45) is -5.58. The molecule has 1 aromatic heterocycles. The maximum absolute atomic E-state index is 11.9. The van der Waals surface area contributed by atoms with Gasteiger partial charge in [-0.25, -0.2) is 18.7 Å². The number of nitrogens with zero attached hydrogens (tertiary/aromatic N) is 2. The molecule has 0 amide bonds. The van der Waals surface area contributed by atoms with Crippen molar-refractivity contribution in [3.8, 4) is 0 Å². The van der Waals surface area contributed by atoms with Crippen molar-refractivity contribution in [2.45, 2.75) is 37.6 Å². The van der Waals surface area contributed by atoms with Crippen molar-refractivity contribution in [1.29, 1.82) is 0 Å². The fourth-order valence-corrected chi connectivity index (χ4v) is 6.12. The van der Waals surface area contributed by atoms with E-state index < -0.39 is 66.3 Å². The van der Waals surface area contributed by atoms with Crippen LogP contribution in [0.3, 0.4) is 0 Å². The molecule has 1 saturated heterocycles. The fourth-order valence-electron chi connectivity index (χ4n) is 3.09. The summed E-state index contributed by atoms with van der Waals surface area (Å²) < 4.78 is 50.9. The second-order valence-electron chi connectivity index (χ2n) is 6.59. The third-order valence-electron chi connectivity index (χ3n) is 4.28. The lowest BCUT2D eigenvalue weighted by atomic mass is 10.1. The Morgan fingerprint density at radius 2 is 1.78 bits per heavy atom. The fraction of sp³-hybridized carbons (Fsp3) is 0.636. The van der Waals surface area contributed by atoms with Crippen molar-refractivity contribution in [1.82, 2.24) is 9.97 Å². The molecule has 0 aliphatic carbocycles. The molecule has 18 nitrogen and oxygen atoms in total. The zero-order valence-electron chi connectivity index (χ0n) is 15.9. The summed E-state index contributed by atoms with van der Waals surface area (Å²) in [5.41, 5.74) is -0.413. The predicted molar refractivity (Wildman–Crippen MR) is 101 cm³/mol. The number of aromatic amines is 1. The maximum Gasteiger partial charge on any atom is 0.490 e. The average Bonchev–Trinajstić information content (AvgIpc) is 3.08. The zero-order chi connectivity index (χ0) is 24.1. The first kappa shape index (κ1) is 25.4. The van der Waals surface area contributed by atoms with E-state index in [1.807, 2.05) is 0 Å². The number of rotatable bonds is 8. The highest BCUT2D eigenvalue weighted by Gasteiger charge is 2.50. The molecule has 182 valence electrons. The van der Waals surface area contributed by atoms with Gasteiger partial charge in [-0.05, 0) is 6.92 Å². The van der Waals surface area contributed by atoms with Gasteiger partial charge in [0.1, 0.15) is 30.2 Å². The smallest absolute Gasteiger partial charge is 0.387 e. The average molecular weight is 524 g/mol. The van der Waals surface area contributed by atoms with E-state index >= 15 is 0 Å². The number of aliphatic hydroxyl groups is 2. The van der Waals surface area contributed by atoms with Crippen molar-refractivity contribution in [2.24, 2.45) is 0 Å². The van der Waals surface area contributed by atoms with Gasteiger partial charge in [0.15, 0.2) is 12.0 Å². The molecular weight excluding hydrogens is 505 g/mol. The van der Waals surface area contributed by atoms with Gasteiger partial charge in [-0.1, -0.05) is 0 Å². The molecule has 7 atom stereocenters. The predicted octanol–water partition coefficient (Wildman–Crippen LogP) is -1.86. The Morgan fingerprint density at radius 1 is 1.12 bits per heavy atom. The van der Waals surface area contributed by atoms with Crippen LogP contribution >= 0.6 is 23.5 Å². The number of ether oxygens (including phenoxy) is 1. The minimum Gasteiger partial charge on any atom is -0.387 e. The van der Waals surface area contributed by atoms with E-state index in [1.165, 1.54) is 4.90 Å². The number of H-pyrrole nitrogens is 1. The largest absolute Gasteiger partial charge is 0.490 e. The number of fused-ring (bicyclic) bond motifs is 1.